The second kappa shape index (κ2) is 9.41. The van der Waals surface area contributed by atoms with Gasteiger partial charge in [-0.3, -0.25) is 4.99 Å². The predicted molar refractivity (Wildman–Crippen MR) is 116 cm³/mol. The van der Waals surface area contributed by atoms with Crippen LogP contribution in [0.5, 0.6) is 0 Å². The van der Waals surface area contributed by atoms with Crippen LogP contribution in [0.1, 0.15) is 46.0 Å². The quantitative estimate of drug-likeness (QED) is 0.367. The summed E-state index contributed by atoms with van der Waals surface area (Å²) in [5, 5.41) is 3.50. The third kappa shape index (κ3) is 5.95. The van der Waals surface area contributed by atoms with Gasteiger partial charge < -0.3 is 15.0 Å². The van der Waals surface area contributed by atoms with Gasteiger partial charge in [0.25, 0.3) is 0 Å². The third-order valence-corrected chi connectivity index (χ3v) is 7.45. The number of hydrogen-bond acceptors (Lipinski definition) is 4. The predicted octanol–water partition coefficient (Wildman–Crippen LogP) is 2.29. The maximum atomic E-state index is 11.7. The van der Waals surface area contributed by atoms with Crippen LogP contribution in [0.4, 0.5) is 0 Å². The van der Waals surface area contributed by atoms with Crippen molar-refractivity contribution in [1.29, 1.82) is 0 Å². The number of piperidine rings is 1. The molecule has 8 heteroatoms. The van der Waals surface area contributed by atoms with Crippen LogP contribution >= 0.6 is 24.0 Å². The second-order valence-electron chi connectivity index (χ2n) is 8.41. The first kappa shape index (κ1) is 22.2. The normalized spacial score (nSPS) is 31.9. The molecule has 3 fully saturated rings. The average Bonchev–Trinajstić information content (AvgIpc) is 2.91. The van der Waals surface area contributed by atoms with Crippen LogP contribution in [0.15, 0.2) is 4.99 Å². The van der Waals surface area contributed by atoms with E-state index in [0.29, 0.717) is 24.1 Å². The lowest BCUT2D eigenvalue weighted by atomic mass is 9.76. The third-order valence-electron chi connectivity index (χ3n) is 5.61. The van der Waals surface area contributed by atoms with Crippen LogP contribution in [-0.4, -0.2) is 69.7 Å². The van der Waals surface area contributed by atoms with E-state index < -0.39 is 9.84 Å². The summed E-state index contributed by atoms with van der Waals surface area (Å²) in [6.45, 7) is 8.62. The van der Waals surface area contributed by atoms with Gasteiger partial charge >= 0.3 is 0 Å². The molecule has 2 unspecified atom stereocenters. The van der Waals surface area contributed by atoms with Crippen molar-refractivity contribution >= 4 is 39.8 Å². The lowest BCUT2D eigenvalue weighted by Gasteiger charge is -2.46. The minimum Gasteiger partial charge on any atom is -0.381 e. The fourth-order valence-corrected chi connectivity index (χ4v) is 6.20. The van der Waals surface area contributed by atoms with Crippen LogP contribution < -0.4 is 5.32 Å². The molecule has 1 N–H and O–H groups in total. The first-order valence-electron chi connectivity index (χ1n) is 9.72. The Bertz CT molecular complexity index is 583. The summed E-state index contributed by atoms with van der Waals surface area (Å²) in [5.74, 6) is 1.74. The Balaban J connectivity index is 0.00000243. The molecule has 3 heterocycles. The number of likely N-dealkylation sites (tertiary alicyclic amines) is 1. The number of nitrogens with zero attached hydrogens (tertiary/aromatic N) is 2. The number of halogens is 1. The highest BCUT2D eigenvalue weighted by molar-refractivity contribution is 14.0. The fourth-order valence-electron chi connectivity index (χ4n) is 4.35. The number of nitrogens with one attached hydrogen (secondary N) is 1. The average molecular weight is 499 g/mol. The Hall–Kier alpha value is -0.0900. The second-order valence-corrected chi connectivity index (χ2v) is 10.6. The smallest absolute Gasteiger partial charge is 0.194 e. The van der Waals surface area contributed by atoms with E-state index in [4.69, 9.17) is 9.73 Å². The van der Waals surface area contributed by atoms with Crippen LogP contribution in [0, 0.1) is 11.3 Å². The molecule has 3 rings (SSSR count). The molecule has 0 aromatic carbocycles. The van der Waals surface area contributed by atoms with E-state index in [9.17, 15) is 8.42 Å². The van der Waals surface area contributed by atoms with Crippen molar-refractivity contribution in [2.24, 2.45) is 16.3 Å². The Morgan fingerprint density at radius 2 is 2.12 bits per heavy atom. The standard InChI is InChI=1S/C18H33N3O3S.HI/c1-15(2)20-17(19-11-16-5-10-25(22,23)12-16)21-8-3-6-18(13-21)7-4-9-24-14-18;/h15-16H,3-14H2,1-2H3,(H,19,20);1H. The Morgan fingerprint density at radius 3 is 2.73 bits per heavy atom. The molecule has 1 spiro atoms. The number of ether oxygens (including phenoxy) is 1. The van der Waals surface area contributed by atoms with Crippen molar-refractivity contribution in [3.8, 4) is 0 Å². The molecule has 0 saturated carbocycles. The van der Waals surface area contributed by atoms with Crippen molar-refractivity contribution in [2.45, 2.75) is 52.0 Å². The minimum absolute atomic E-state index is 0. The molecule has 0 aromatic rings. The molecule has 0 bridgehead atoms. The summed E-state index contributed by atoms with van der Waals surface area (Å²) in [5.41, 5.74) is 0.270. The highest BCUT2D eigenvalue weighted by Gasteiger charge is 2.38. The van der Waals surface area contributed by atoms with Gasteiger partial charge in [0.2, 0.25) is 0 Å². The van der Waals surface area contributed by atoms with Crippen LogP contribution in [0.3, 0.4) is 0 Å². The summed E-state index contributed by atoms with van der Waals surface area (Å²) in [6.07, 6.45) is 5.54. The zero-order chi connectivity index (χ0) is 17.9. The number of sulfone groups is 1. The lowest BCUT2D eigenvalue weighted by Crippen LogP contribution is -2.54. The van der Waals surface area contributed by atoms with E-state index >= 15 is 0 Å². The zero-order valence-corrected chi connectivity index (χ0v) is 19.2. The summed E-state index contributed by atoms with van der Waals surface area (Å²) in [6, 6.07) is 0.312. The summed E-state index contributed by atoms with van der Waals surface area (Å²) in [4.78, 5) is 7.22. The first-order chi connectivity index (χ1) is 11.9. The number of rotatable bonds is 3. The van der Waals surface area contributed by atoms with E-state index in [2.05, 4.69) is 24.1 Å². The Labute approximate surface area is 175 Å². The first-order valence-corrected chi connectivity index (χ1v) is 11.5. The van der Waals surface area contributed by atoms with Crippen molar-refractivity contribution in [3.63, 3.8) is 0 Å². The highest BCUT2D eigenvalue weighted by Crippen LogP contribution is 2.37. The SMILES string of the molecule is CC(C)NC(=NCC1CCS(=O)(=O)C1)N1CCCC2(CCCOC2)C1.I. The number of hydrogen-bond donors (Lipinski definition) is 1. The van der Waals surface area contributed by atoms with Gasteiger partial charge in [-0.15, -0.1) is 24.0 Å². The molecule has 3 aliphatic heterocycles. The molecule has 0 radical (unpaired) electrons. The molecule has 3 saturated heterocycles. The molecule has 0 amide bonds. The lowest BCUT2D eigenvalue weighted by molar-refractivity contribution is -0.0371. The largest absolute Gasteiger partial charge is 0.381 e. The van der Waals surface area contributed by atoms with Crippen molar-refractivity contribution in [3.05, 3.63) is 0 Å². The van der Waals surface area contributed by atoms with Crippen LogP contribution in [0.2, 0.25) is 0 Å². The van der Waals surface area contributed by atoms with E-state index in [1.54, 1.807) is 0 Å². The molecular formula is C18H34IN3O3S. The number of guanidine groups is 1. The van der Waals surface area contributed by atoms with Gasteiger partial charge in [-0.05, 0) is 51.9 Å². The minimum atomic E-state index is -2.83. The molecule has 3 aliphatic rings. The van der Waals surface area contributed by atoms with E-state index in [-0.39, 0.29) is 35.3 Å². The van der Waals surface area contributed by atoms with Gasteiger partial charge in [0, 0.05) is 37.7 Å². The topological polar surface area (TPSA) is 71.0 Å². The molecular weight excluding hydrogens is 465 g/mol. The molecule has 26 heavy (non-hydrogen) atoms. The van der Waals surface area contributed by atoms with E-state index in [1.165, 1.54) is 19.3 Å². The van der Waals surface area contributed by atoms with E-state index in [0.717, 1.165) is 45.1 Å². The van der Waals surface area contributed by atoms with Gasteiger partial charge in [0.1, 0.15) is 0 Å². The van der Waals surface area contributed by atoms with Gasteiger partial charge in [-0.2, -0.15) is 0 Å². The summed E-state index contributed by atoms with van der Waals surface area (Å²) >= 11 is 0. The van der Waals surface area contributed by atoms with Crippen LogP contribution in [0.25, 0.3) is 0 Å². The Kier molecular flexibility index (Phi) is 8.03. The molecule has 6 nitrogen and oxygen atoms in total. The number of aliphatic imine (C=N–C) groups is 1. The van der Waals surface area contributed by atoms with Crippen molar-refractivity contribution < 1.29 is 13.2 Å². The fraction of sp³-hybridized carbons (Fsp3) is 0.944. The molecule has 0 aliphatic carbocycles. The highest BCUT2D eigenvalue weighted by atomic mass is 127. The van der Waals surface area contributed by atoms with E-state index in [1.807, 2.05) is 0 Å². The van der Waals surface area contributed by atoms with Gasteiger partial charge in [-0.1, -0.05) is 0 Å². The summed E-state index contributed by atoms with van der Waals surface area (Å²) in [7, 11) is -2.83. The van der Waals surface area contributed by atoms with Crippen molar-refractivity contribution in [1.82, 2.24) is 10.2 Å². The summed E-state index contributed by atoms with van der Waals surface area (Å²) < 4.78 is 29.1. The molecule has 2 atom stereocenters. The molecule has 0 aromatic heterocycles. The van der Waals surface area contributed by atoms with Crippen molar-refractivity contribution in [2.75, 3.05) is 44.4 Å². The monoisotopic (exact) mass is 499 g/mol. The zero-order valence-electron chi connectivity index (χ0n) is 16.1. The molecule has 152 valence electrons. The van der Waals surface area contributed by atoms with Gasteiger partial charge in [0.15, 0.2) is 15.8 Å². The van der Waals surface area contributed by atoms with Gasteiger partial charge in [0.05, 0.1) is 18.1 Å². The maximum absolute atomic E-state index is 11.7. The maximum Gasteiger partial charge on any atom is 0.194 e. The van der Waals surface area contributed by atoms with Crippen LogP contribution in [-0.2, 0) is 14.6 Å². The van der Waals surface area contributed by atoms with Gasteiger partial charge in [-0.25, -0.2) is 8.42 Å². The Morgan fingerprint density at radius 1 is 1.35 bits per heavy atom.